The van der Waals surface area contributed by atoms with Crippen LogP contribution in [0.2, 0.25) is 0 Å². The number of nitrogens with two attached hydrogens (primary N) is 1. The molecule has 0 bridgehead atoms. The SMILES string of the molecule is CCS(=O)(=O)c1ccc([C@H](CC(=O)NC)c2ccccc2C(N)=O)cc1. The first kappa shape index (κ1) is 19.7. The number of nitrogens with one attached hydrogen (secondary N) is 1. The largest absolute Gasteiger partial charge is 0.366 e. The predicted octanol–water partition coefficient (Wildman–Crippen LogP) is 1.85. The molecule has 0 unspecified atom stereocenters. The molecule has 0 fully saturated rings. The zero-order valence-electron chi connectivity index (χ0n) is 14.7. The van der Waals surface area contributed by atoms with Crippen LogP contribution in [0.25, 0.3) is 0 Å². The van der Waals surface area contributed by atoms with E-state index in [0.717, 1.165) is 5.56 Å². The van der Waals surface area contributed by atoms with Crippen molar-refractivity contribution in [3.8, 4) is 0 Å². The van der Waals surface area contributed by atoms with Gasteiger partial charge in [-0.25, -0.2) is 8.42 Å². The third-order valence-corrected chi connectivity index (χ3v) is 6.04. The molecule has 138 valence electrons. The molecule has 3 N–H and O–H groups in total. The van der Waals surface area contributed by atoms with Crippen LogP contribution in [0.5, 0.6) is 0 Å². The molecule has 2 amide bonds. The zero-order valence-corrected chi connectivity index (χ0v) is 15.5. The number of rotatable bonds is 7. The van der Waals surface area contributed by atoms with E-state index < -0.39 is 21.7 Å². The highest BCUT2D eigenvalue weighted by Gasteiger charge is 2.23. The van der Waals surface area contributed by atoms with Crippen molar-refractivity contribution >= 4 is 21.7 Å². The number of benzene rings is 2. The van der Waals surface area contributed by atoms with Gasteiger partial charge >= 0.3 is 0 Å². The second-order valence-electron chi connectivity index (χ2n) is 5.85. The lowest BCUT2D eigenvalue weighted by Crippen LogP contribution is -2.23. The monoisotopic (exact) mass is 374 g/mol. The Kier molecular flexibility index (Phi) is 6.15. The molecule has 0 spiro atoms. The van der Waals surface area contributed by atoms with Crippen molar-refractivity contribution in [1.82, 2.24) is 5.32 Å². The first-order valence-corrected chi connectivity index (χ1v) is 9.87. The Morgan fingerprint density at radius 1 is 1.08 bits per heavy atom. The normalized spacial score (nSPS) is 12.4. The van der Waals surface area contributed by atoms with Gasteiger partial charge < -0.3 is 11.1 Å². The average molecular weight is 374 g/mol. The minimum absolute atomic E-state index is 0.0124. The van der Waals surface area contributed by atoms with Crippen molar-refractivity contribution in [3.63, 3.8) is 0 Å². The molecule has 2 aromatic carbocycles. The molecule has 26 heavy (non-hydrogen) atoms. The van der Waals surface area contributed by atoms with E-state index in [0.29, 0.717) is 11.1 Å². The van der Waals surface area contributed by atoms with Crippen molar-refractivity contribution in [2.45, 2.75) is 24.2 Å². The number of carbonyl (C=O) groups excluding carboxylic acids is 2. The van der Waals surface area contributed by atoms with Crippen molar-refractivity contribution in [3.05, 3.63) is 65.2 Å². The second kappa shape index (κ2) is 8.14. The van der Waals surface area contributed by atoms with Crippen molar-refractivity contribution in [1.29, 1.82) is 0 Å². The zero-order chi connectivity index (χ0) is 19.3. The molecule has 0 saturated heterocycles. The van der Waals surface area contributed by atoms with E-state index in [1.165, 1.54) is 19.2 Å². The summed E-state index contributed by atoms with van der Waals surface area (Å²) in [6, 6.07) is 13.2. The maximum atomic E-state index is 12.0. The molecule has 0 heterocycles. The Morgan fingerprint density at radius 2 is 1.69 bits per heavy atom. The topological polar surface area (TPSA) is 106 Å². The van der Waals surface area contributed by atoms with Crippen LogP contribution < -0.4 is 11.1 Å². The minimum atomic E-state index is -3.31. The molecule has 0 aliphatic rings. The van der Waals surface area contributed by atoms with Gasteiger partial charge in [0.25, 0.3) is 0 Å². The Labute approximate surface area is 153 Å². The fourth-order valence-electron chi connectivity index (χ4n) is 2.79. The number of hydrogen-bond acceptors (Lipinski definition) is 4. The summed E-state index contributed by atoms with van der Waals surface area (Å²) in [4.78, 5) is 24.0. The fourth-order valence-corrected chi connectivity index (χ4v) is 3.68. The van der Waals surface area contributed by atoms with E-state index in [1.807, 2.05) is 0 Å². The van der Waals surface area contributed by atoms with E-state index >= 15 is 0 Å². The van der Waals surface area contributed by atoms with Crippen LogP contribution >= 0.6 is 0 Å². The number of sulfone groups is 1. The molecule has 2 aromatic rings. The minimum Gasteiger partial charge on any atom is -0.366 e. The summed E-state index contributed by atoms with van der Waals surface area (Å²) in [7, 11) is -1.77. The second-order valence-corrected chi connectivity index (χ2v) is 8.13. The van der Waals surface area contributed by atoms with Gasteiger partial charge in [0.15, 0.2) is 9.84 Å². The van der Waals surface area contributed by atoms with Gasteiger partial charge in [-0.15, -0.1) is 0 Å². The van der Waals surface area contributed by atoms with Gasteiger partial charge in [-0.1, -0.05) is 37.3 Å². The lowest BCUT2D eigenvalue weighted by Gasteiger charge is -2.20. The van der Waals surface area contributed by atoms with Crippen LogP contribution in [-0.4, -0.2) is 33.0 Å². The predicted molar refractivity (Wildman–Crippen MR) is 99.7 cm³/mol. The molecule has 0 aliphatic heterocycles. The highest BCUT2D eigenvalue weighted by atomic mass is 32.2. The van der Waals surface area contributed by atoms with Crippen molar-refractivity contribution < 1.29 is 18.0 Å². The lowest BCUT2D eigenvalue weighted by molar-refractivity contribution is -0.120. The van der Waals surface area contributed by atoms with Gasteiger partial charge in [-0.2, -0.15) is 0 Å². The van der Waals surface area contributed by atoms with Crippen molar-refractivity contribution in [2.24, 2.45) is 5.73 Å². The van der Waals surface area contributed by atoms with E-state index in [9.17, 15) is 18.0 Å². The van der Waals surface area contributed by atoms with Crippen LogP contribution in [0.1, 0.15) is 40.7 Å². The van der Waals surface area contributed by atoms with Crippen LogP contribution in [0.3, 0.4) is 0 Å². The molecule has 0 saturated carbocycles. The maximum absolute atomic E-state index is 12.0. The van der Waals surface area contributed by atoms with Crippen molar-refractivity contribution in [2.75, 3.05) is 12.8 Å². The average Bonchev–Trinajstić information content (AvgIpc) is 2.66. The summed E-state index contributed by atoms with van der Waals surface area (Å²) in [5, 5.41) is 2.58. The molecule has 6 nitrogen and oxygen atoms in total. The third-order valence-electron chi connectivity index (χ3n) is 4.29. The quantitative estimate of drug-likeness (QED) is 0.771. The van der Waals surface area contributed by atoms with Gasteiger partial charge in [-0.05, 0) is 29.3 Å². The van der Waals surface area contributed by atoms with Gasteiger partial charge in [0.1, 0.15) is 0 Å². The third kappa shape index (κ3) is 4.29. The molecule has 0 aromatic heterocycles. The summed E-state index contributed by atoms with van der Waals surface area (Å²) < 4.78 is 24.0. The fraction of sp³-hybridized carbons (Fsp3) is 0.263. The summed E-state index contributed by atoms with van der Waals surface area (Å²) in [6.07, 6.45) is 0.112. The molecule has 1 atom stereocenters. The summed E-state index contributed by atoms with van der Waals surface area (Å²) in [5.41, 5.74) is 7.18. The van der Waals surface area contributed by atoms with Crippen LogP contribution in [-0.2, 0) is 14.6 Å². The Balaban J connectivity index is 2.53. The summed E-state index contributed by atoms with van der Waals surface area (Å²) >= 11 is 0. The Bertz CT molecular complexity index is 905. The van der Waals surface area contributed by atoms with Crippen LogP contribution in [0, 0.1) is 0 Å². The number of hydrogen-bond donors (Lipinski definition) is 2. The summed E-state index contributed by atoms with van der Waals surface area (Å²) in [6.45, 7) is 1.58. The highest BCUT2D eigenvalue weighted by molar-refractivity contribution is 7.91. The van der Waals surface area contributed by atoms with E-state index in [2.05, 4.69) is 5.32 Å². The number of carbonyl (C=O) groups is 2. The molecular weight excluding hydrogens is 352 g/mol. The molecule has 0 aliphatic carbocycles. The van der Waals surface area contributed by atoms with Gasteiger partial charge in [0, 0.05) is 24.9 Å². The smallest absolute Gasteiger partial charge is 0.248 e. The van der Waals surface area contributed by atoms with E-state index in [1.54, 1.807) is 43.3 Å². The van der Waals surface area contributed by atoms with Gasteiger partial charge in [0.2, 0.25) is 11.8 Å². The van der Waals surface area contributed by atoms with Gasteiger partial charge in [-0.3, -0.25) is 9.59 Å². The molecule has 0 radical (unpaired) electrons. The van der Waals surface area contributed by atoms with Crippen LogP contribution in [0.15, 0.2) is 53.4 Å². The molecule has 2 rings (SSSR count). The standard InChI is InChI=1S/C19H22N2O4S/c1-3-26(24,25)14-10-8-13(9-11-14)17(12-18(22)21-2)15-6-4-5-7-16(15)19(20)23/h4-11,17H,3,12H2,1-2H3,(H2,20,23)(H,21,22)/t17-/m0/s1. The maximum Gasteiger partial charge on any atom is 0.248 e. The first-order valence-electron chi connectivity index (χ1n) is 8.22. The van der Waals surface area contributed by atoms with Gasteiger partial charge in [0.05, 0.1) is 10.6 Å². The Hall–Kier alpha value is -2.67. The first-order chi connectivity index (χ1) is 12.3. The summed E-state index contributed by atoms with van der Waals surface area (Å²) in [5.74, 6) is -1.18. The van der Waals surface area contributed by atoms with E-state index in [4.69, 9.17) is 5.73 Å². The van der Waals surface area contributed by atoms with E-state index in [-0.39, 0.29) is 23.0 Å². The molecular formula is C19H22N2O4S. The number of amides is 2. The molecule has 7 heteroatoms. The number of primary amides is 1. The lowest BCUT2D eigenvalue weighted by atomic mass is 9.85. The highest BCUT2D eigenvalue weighted by Crippen LogP contribution is 2.31. The van der Waals surface area contributed by atoms with Crippen LogP contribution in [0.4, 0.5) is 0 Å². The Morgan fingerprint density at radius 3 is 2.23 bits per heavy atom.